The van der Waals surface area contributed by atoms with E-state index < -0.39 is 0 Å². The number of ether oxygens (including phenoxy) is 2. The van der Waals surface area contributed by atoms with E-state index in [0.29, 0.717) is 19.4 Å². The van der Waals surface area contributed by atoms with Gasteiger partial charge in [0.15, 0.2) is 6.79 Å². The van der Waals surface area contributed by atoms with Crippen molar-refractivity contribution in [1.82, 2.24) is 5.32 Å². The Kier molecular flexibility index (Phi) is 4.40. The highest BCUT2D eigenvalue weighted by molar-refractivity contribution is 5.43. The Hall–Kier alpha value is -1.06. The molecule has 0 aromatic heterocycles. The van der Waals surface area contributed by atoms with Crippen molar-refractivity contribution in [3.8, 4) is 5.75 Å². The summed E-state index contributed by atoms with van der Waals surface area (Å²) in [7, 11) is 2.02. The lowest BCUT2D eigenvalue weighted by Gasteiger charge is -2.26. The molecule has 0 heterocycles. The van der Waals surface area contributed by atoms with Gasteiger partial charge in [-0.1, -0.05) is 12.1 Å². The predicted molar refractivity (Wildman–Crippen MR) is 68.3 cm³/mol. The molecule has 2 rings (SSSR count). The summed E-state index contributed by atoms with van der Waals surface area (Å²) in [6.45, 7) is 3.01. The predicted octanol–water partition coefficient (Wildman–Crippen LogP) is 2.66. The highest BCUT2D eigenvalue weighted by atomic mass is 16.7. The van der Waals surface area contributed by atoms with Crippen LogP contribution in [0.4, 0.5) is 0 Å². The van der Waals surface area contributed by atoms with E-state index in [0.717, 1.165) is 12.2 Å². The molecule has 0 amide bonds. The lowest BCUT2D eigenvalue weighted by Crippen LogP contribution is -2.22. The fourth-order valence-corrected chi connectivity index (χ4v) is 2.44. The van der Waals surface area contributed by atoms with Crippen molar-refractivity contribution < 1.29 is 9.47 Å². The molecule has 17 heavy (non-hydrogen) atoms. The van der Waals surface area contributed by atoms with E-state index in [9.17, 15) is 0 Å². The van der Waals surface area contributed by atoms with E-state index in [-0.39, 0.29) is 0 Å². The first kappa shape index (κ1) is 12.4. The molecule has 0 radical (unpaired) electrons. The number of fused-ring (bicyclic) bond motifs is 1. The first-order valence-corrected chi connectivity index (χ1v) is 6.36. The van der Waals surface area contributed by atoms with Gasteiger partial charge in [0, 0.05) is 12.6 Å². The number of rotatable bonds is 5. The van der Waals surface area contributed by atoms with Crippen LogP contribution in [0.3, 0.4) is 0 Å². The quantitative estimate of drug-likeness (QED) is 0.628. The summed E-state index contributed by atoms with van der Waals surface area (Å²) in [5, 5.41) is 3.37. The Morgan fingerprint density at radius 3 is 3.06 bits per heavy atom. The van der Waals surface area contributed by atoms with Gasteiger partial charge in [-0.3, -0.25) is 0 Å². The van der Waals surface area contributed by atoms with Crippen LogP contribution in [0.15, 0.2) is 18.2 Å². The minimum atomic E-state index is 0.344. The third-order valence-corrected chi connectivity index (χ3v) is 3.31. The van der Waals surface area contributed by atoms with Gasteiger partial charge in [0.2, 0.25) is 0 Å². The van der Waals surface area contributed by atoms with Gasteiger partial charge in [-0.05, 0) is 50.4 Å². The van der Waals surface area contributed by atoms with E-state index in [1.54, 1.807) is 0 Å². The fraction of sp³-hybridized carbons (Fsp3) is 0.571. The SMILES string of the molecule is CCOCOc1cccc2c1CCCC2NC. The van der Waals surface area contributed by atoms with Crippen LogP contribution in [0.1, 0.15) is 36.9 Å². The lowest BCUT2D eigenvalue weighted by atomic mass is 9.87. The second-order valence-electron chi connectivity index (χ2n) is 4.31. The van der Waals surface area contributed by atoms with Crippen LogP contribution in [0, 0.1) is 0 Å². The highest BCUT2D eigenvalue weighted by Crippen LogP contribution is 2.35. The number of hydrogen-bond acceptors (Lipinski definition) is 3. The Bertz CT molecular complexity index is 365. The van der Waals surface area contributed by atoms with E-state index in [2.05, 4.69) is 17.4 Å². The Morgan fingerprint density at radius 1 is 1.41 bits per heavy atom. The summed E-state index contributed by atoms with van der Waals surface area (Å²) in [5.41, 5.74) is 2.73. The van der Waals surface area contributed by atoms with Gasteiger partial charge in [0.05, 0.1) is 0 Å². The van der Waals surface area contributed by atoms with Crippen molar-refractivity contribution in [3.05, 3.63) is 29.3 Å². The van der Waals surface area contributed by atoms with Crippen molar-refractivity contribution in [2.45, 2.75) is 32.2 Å². The molecule has 1 aromatic rings. The van der Waals surface area contributed by atoms with Gasteiger partial charge in [0.1, 0.15) is 5.75 Å². The molecule has 0 fully saturated rings. The number of benzene rings is 1. The van der Waals surface area contributed by atoms with E-state index in [1.807, 2.05) is 20.0 Å². The third kappa shape index (κ3) is 2.79. The molecule has 1 aliphatic carbocycles. The molecular formula is C14H21NO2. The standard InChI is InChI=1S/C14H21NO2/c1-3-16-10-17-14-9-5-6-11-12(14)7-4-8-13(11)15-2/h5-6,9,13,15H,3-4,7-8,10H2,1-2H3. The highest BCUT2D eigenvalue weighted by Gasteiger charge is 2.21. The van der Waals surface area contributed by atoms with Gasteiger partial charge in [-0.25, -0.2) is 0 Å². The minimum absolute atomic E-state index is 0.344. The molecule has 0 saturated carbocycles. The van der Waals surface area contributed by atoms with Crippen molar-refractivity contribution in [3.63, 3.8) is 0 Å². The molecule has 1 aromatic carbocycles. The minimum Gasteiger partial charge on any atom is -0.467 e. The van der Waals surface area contributed by atoms with E-state index >= 15 is 0 Å². The maximum absolute atomic E-state index is 5.69. The zero-order chi connectivity index (χ0) is 12.1. The Balaban J connectivity index is 2.17. The number of nitrogens with one attached hydrogen (secondary N) is 1. The normalized spacial score (nSPS) is 18.8. The summed E-state index contributed by atoms with van der Waals surface area (Å²) in [4.78, 5) is 0. The van der Waals surface area contributed by atoms with Gasteiger partial charge >= 0.3 is 0 Å². The Labute approximate surface area is 103 Å². The van der Waals surface area contributed by atoms with Crippen LogP contribution in [-0.4, -0.2) is 20.4 Å². The zero-order valence-electron chi connectivity index (χ0n) is 10.7. The van der Waals surface area contributed by atoms with Gasteiger partial charge < -0.3 is 14.8 Å². The molecule has 3 heteroatoms. The van der Waals surface area contributed by atoms with Crippen LogP contribution in [0.5, 0.6) is 5.75 Å². The van der Waals surface area contributed by atoms with Crippen LogP contribution in [-0.2, 0) is 11.2 Å². The maximum Gasteiger partial charge on any atom is 0.189 e. The Morgan fingerprint density at radius 2 is 2.29 bits per heavy atom. The van der Waals surface area contributed by atoms with Crippen molar-refractivity contribution in [1.29, 1.82) is 0 Å². The average Bonchev–Trinajstić information content (AvgIpc) is 2.38. The van der Waals surface area contributed by atoms with Crippen LogP contribution >= 0.6 is 0 Å². The monoisotopic (exact) mass is 235 g/mol. The zero-order valence-corrected chi connectivity index (χ0v) is 10.7. The first-order chi connectivity index (χ1) is 8.36. The molecule has 3 nitrogen and oxygen atoms in total. The molecule has 1 aliphatic rings. The molecule has 94 valence electrons. The summed E-state index contributed by atoms with van der Waals surface area (Å²) in [6, 6.07) is 6.77. The van der Waals surface area contributed by atoms with Gasteiger partial charge in [-0.15, -0.1) is 0 Å². The third-order valence-electron chi connectivity index (χ3n) is 3.31. The summed E-state index contributed by atoms with van der Waals surface area (Å²) in [5.74, 6) is 0.982. The van der Waals surface area contributed by atoms with E-state index in [1.165, 1.54) is 24.0 Å². The van der Waals surface area contributed by atoms with E-state index in [4.69, 9.17) is 9.47 Å². The molecule has 1 unspecified atom stereocenters. The lowest BCUT2D eigenvalue weighted by molar-refractivity contribution is 0.0216. The first-order valence-electron chi connectivity index (χ1n) is 6.36. The maximum atomic E-state index is 5.69. The molecule has 1 atom stereocenters. The van der Waals surface area contributed by atoms with Crippen molar-refractivity contribution >= 4 is 0 Å². The number of hydrogen-bond donors (Lipinski definition) is 1. The van der Waals surface area contributed by atoms with Crippen LogP contribution in [0.25, 0.3) is 0 Å². The second kappa shape index (κ2) is 6.03. The van der Waals surface area contributed by atoms with Crippen molar-refractivity contribution in [2.24, 2.45) is 0 Å². The average molecular weight is 235 g/mol. The smallest absolute Gasteiger partial charge is 0.189 e. The summed E-state index contributed by atoms with van der Waals surface area (Å²) < 4.78 is 10.9. The molecule has 0 saturated heterocycles. The van der Waals surface area contributed by atoms with Crippen molar-refractivity contribution in [2.75, 3.05) is 20.4 Å². The second-order valence-corrected chi connectivity index (χ2v) is 4.31. The van der Waals surface area contributed by atoms with Crippen LogP contribution in [0.2, 0.25) is 0 Å². The summed E-state index contributed by atoms with van der Waals surface area (Å²) in [6.07, 6.45) is 3.53. The largest absolute Gasteiger partial charge is 0.467 e. The van der Waals surface area contributed by atoms with Crippen LogP contribution < -0.4 is 10.1 Å². The fourth-order valence-electron chi connectivity index (χ4n) is 2.44. The molecular weight excluding hydrogens is 214 g/mol. The molecule has 0 spiro atoms. The molecule has 0 aliphatic heterocycles. The summed E-state index contributed by atoms with van der Waals surface area (Å²) >= 11 is 0. The topological polar surface area (TPSA) is 30.5 Å². The van der Waals surface area contributed by atoms with Gasteiger partial charge in [-0.2, -0.15) is 0 Å². The molecule has 1 N–H and O–H groups in total. The van der Waals surface area contributed by atoms with Gasteiger partial charge in [0.25, 0.3) is 0 Å². The molecule has 0 bridgehead atoms.